The van der Waals surface area contributed by atoms with Crippen LogP contribution in [0.25, 0.3) is 0 Å². The Morgan fingerprint density at radius 1 is 1.11 bits per heavy atom. The van der Waals surface area contributed by atoms with Crippen LogP contribution in [0.4, 0.5) is 0 Å². The molecule has 1 N–H and O–H groups in total. The van der Waals surface area contributed by atoms with Crippen molar-refractivity contribution in [2.75, 3.05) is 6.54 Å². The lowest BCUT2D eigenvalue weighted by atomic mass is 9.85. The van der Waals surface area contributed by atoms with Gasteiger partial charge in [0, 0.05) is 6.54 Å². The van der Waals surface area contributed by atoms with E-state index in [1.165, 1.54) is 12.0 Å². The molecule has 0 saturated carbocycles. The molecule has 2 rings (SSSR count). The highest BCUT2D eigenvalue weighted by Crippen LogP contribution is 2.26. The van der Waals surface area contributed by atoms with Gasteiger partial charge in [0.15, 0.2) is 0 Å². The van der Waals surface area contributed by atoms with Gasteiger partial charge in [-0.3, -0.25) is 0 Å². The van der Waals surface area contributed by atoms with Crippen molar-refractivity contribution >= 4 is 0 Å². The maximum absolute atomic E-state index is 5.35. The fourth-order valence-corrected chi connectivity index (χ4v) is 2.40. The predicted octanol–water partition coefficient (Wildman–Crippen LogP) is 4.20. The van der Waals surface area contributed by atoms with Crippen molar-refractivity contribution < 1.29 is 4.42 Å². The Balaban J connectivity index is 1.95. The predicted molar refractivity (Wildman–Crippen MR) is 79.1 cm³/mol. The van der Waals surface area contributed by atoms with Crippen molar-refractivity contribution in [2.45, 2.75) is 32.7 Å². The minimum atomic E-state index is 0.557. The van der Waals surface area contributed by atoms with Crippen LogP contribution in [0.3, 0.4) is 0 Å². The molecule has 0 aliphatic rings. The molecule has 102 valence electrons. The maximum Gasteiger partial charge on any atom is 0.117 e. The zero-order valence-corrected chi connectivity index (χ0v) is 11.8. The van der Waals surface area contributed by atoms with Crippen LogP contribution in [0.1, 0.15) is 37.5 Å². The molecular weight excluding hydrogens is 234 g/mol. The third-order valence-electron chi connectivity index (χ3n) is 3.80. The Morgan fingerprint density at radius 2 is 1.89 bits per heavy atom. The van der Waals surface area contributed by atoms with Gasteiger partial charge in [-0.05, 0) is 29.5 Å². The molecule has 1 aromatic heterocycles. The summed E-state index contributed by atoms with van der Waals surface area (Å²) in [5, 5.41) is 3.51. The zero-order valence-electron chi connectivity index (χ0n) is 11.8. The van der Waals surface area contributed by atoms with Crippen molar-refractivity contribution in [2.24, 2.45) is 5.92 Å². The average molecular weight is 257 g/mol. The fraction of sp³-hybridized carbons (Fsp3) is 0.412. The molecule has 1 aromatic carbocycles. The summed E-state index contributed by atoms with van der Waals surface area (Å²) >= 11 is 0. The molecule has 2 heteroatoms. The molecular formula is C17H23NO. The number of hydrogen-bond acceptors (Lipinski definition) is 2. The molecule has 0 aliphatic heterocycles. The largest absolute Gasteiger partial charge is 0.468 e. The number of rotatable bonds is 7. The van der Waals surface area contributed by atoms with Gasteiger partial charge in [-0.25, -0.2) is 0 Å². The Kier molecular flexibility index (Phi) is 5.22. The van der Waals surface area contributed by atoms with Gasteiger partial charge < -0.3 is 9.73 Å². The first kappa shape index (κ1) is 13.9. The highest BCUT2D eigenvalue weighted by Gasteiger charge is 2.17. The maximum atomic E-state index is 5.35. The number of benzene rings is 1. The van der Waals surface area contributed by atoms with Crippen LogP contribution in [0.15, 0.2) is 53.1 Å². The average Bonchev–Trinajstić information content (AvgIpc) is 2.97. The lowest BCUT2D eigenvalue weighted by molar-refractivity contribution is 0.406. The van der Waals surface area contributed by atoms with Crippen LogP contribution in [-0.4, -0.2) is 6.54 Å². The van der Waals surface area contributed by atoms with E-state index in [2.05, 4.69) is 49.5 Å². The second-order valence-electron chi connectivity index (χ2n) is 5.11. The van der Waals surface area contributed by atoms with Gasteiger partial charge in [-0.15, -0.1) is 0 Å². The first-order valence-electron chi connectivity index (χ1n) is 7.09. The van der Waals surface area contributed by atoms with Crippen LogP contribution >= 0.6 is 0 Å². The topological polar surface area (TPSA) is 25.2 Å². The van der Waals surface area contributed by atoms with E-state index in [-0.39, 0.29) is 0 Å². The zero-order chi connectivity index (χ0) is 13.5. The monoisotopic (exact) mass is 257 g/mol. The first-order chi connectivity index (χ1) is 9.31. The number of hydrogen-bond donors (Lipinski definition) is 1. The van der Waals surface area contributed by atoms with Gasteiger partial charge in [0.2, 0.25) is 0 Å². The summed E-state index contributed by atoms with van der Waals surface area (Å²) < 4.78 is 5.35. The number of nitrogens with one attached hydrogen (secondary N) is 1. The molecule has 0 fully saturated rings. The van der Waals surface area contributed by atoms with Gasteiger partial charge in [0.1, 0.15) is 5.76 Å². The van der Waals surface area contributed by atoms with Crippen molar-refractivity contribution in [3.8, 4) is 0 Å². The Bertz CT molecular complexity index is 449. The van der Waals surface area contributed by atoms with Crippen molar-refractivity contribution in [3.05, 3.63) is 60.1 Å². The van der Waals surface area contributed by atoms with Gasteiger partial charge in [0.25, 0.3) is 0 Å². The minimum Gasteiger partial charge on any atom is -0.468 e. The molecule has 2 atom stereocenters. The normalized spacial score (nSPS) is 14.2. The van der Waals surface area contributed by atoms with Crippen molar-refractivity contribution in [1.29, 1.82) is 0 Å². The second-order valence-corrected chi connectivity index (χ2v) is 5.11. The van der Waals surface area contributed by atoms with E-state index in [4.69, 9.17) is 4.42 Å². The lowest BCUT2D eigenvalue weighted by Crippen LogP contribution is -2.25. The van der Waals surface area contributed by atoms with E-state index in [1.54, 1.807) is 6.26 Å². The molecule has 19 heavy (non-hydrogen) atoms. The summed E-state index contributed by atoms with van der Waals surface area (Å²) in [6, 6.07) is 14.7. The molecule has 0 radical (unpaired) electrons. The van der Waals surface area contributed by atoms with E-state index in [0.29, 0.717) is 11.8 Å². The van der Waals surface area contributed by atoms with Crippen LogP contribution in [-0.2, 0) is 6.54 Å². The molecule has 0 saturated heterocycles. The van der Waals surface area contributed by atoms with E-state index in [0.717, 1.165) is 18.8 Å². The lowest BCUT2D eigenvalue weighted by Gasteiger charge is -2.23. The second kappa shape index (κ2) is 7.15. The molecule has 2 aromatic rings. The van der Waals surface area contributed by atoms with Gasteiger partial charge in [0.05, 0.1) is 12.8 Å². The Labute approximate surface area is 115 Å². The standard InChI is InChI=1S/C17H23NO/c1-3-14(2)17(15-8-5-4-6-9-15)13-18-12-16-10-7-11-19-16/h4-11,14,17-18H,3,12-13H2,1-2H3. The van der Waals surface area contributed by atoms with E-state index in [9.17, 15) is 0 Å². The van der Waals surface area contributed by atoms with Crippen LogP contribution in [0, 0.1) is 5.92 Å². The SMILES string of the molecule is CCC(C)C(CNCc1ccco1)c1ccccc1. The minimum absolute atomic E-state index is 0.557. The Morgan fingerprint density at radius 3 is 2.53 bits per heavy atom. The van der Waals surface area contributed by atoms with Crippen molar-refractivity contribution in [1.82, 2.24) is 5.32 Å². The molecule has 0 amide bonds. The van der Waals surface area contributed by atoms with Gasteiger partial charge >= 0.3 is 0 Å². The van der Waals surface area contributed by atoms with Crippen LogP contribution in [0.2, 0.25) is 0 Å². The molecule has 2 unspecified atom stereocenters. The highest BCUT2D eigenvalue weighted by molar-refractivity contribution is 5.20. The summed E-state index contributed by atoms with van der Waals surface area (Å²) in [5.74, 6) is 2.23. The summed E-state index contributed by atoms with van der Waals surface area (Å²) in [5.41, 5.74) is 1.42. The third kappa shape index (κ3) is 3.97. The molecule has 0 aliphatic carbocycles. The highest BCUT2D eigenvalue weighted by atomic mass is 16.3. The number of furan rings is 1. The van der Waals surface area contributed by atoms with E-state index < -0.39 is 0 Å². The van der Waals surface area contributed by atoms with Gasteiger partial charge in [-0.2, -0.15) is 0 Å². The fourth-order valence-electron chi connectivity index (χ4n) is 2.40. The van der Waals surface area contributed by atoms with Crippen molar-refractivity contribution in [3.63, 3.8) is 0 Å². The quantitative estimate of drug-likeness (QED) is 0.804. The smallest absolute Gasteiger partial charge is 0.117 e. The summed E-state index contributed by atoms with van der Waals surface area (Å²) in [4.78, 5) is 0. The first-order valence-corrected chi connectivity index (χ1v) is 7.09. The summed E-state index contributed by atoms with van der Waals surface area (Å²) in [6.07, 6.45) is 2.92. The van der Waals surface area contributed by atoms with Crippen LogP contribution in [0.5, 0.6) is 0 Å². The van der Waals surface area contributed by atoms with E-state index in [1.807, 2.05) is 12.1 Å². The Hall–Kier alpha value is -1.54. The molecule has 0 spiro atoms. The molecule has 1 heterocycles. The summed E-state index contributed by atoms with van der Waals surface area (Å²) in [6.45, 7) is 6.37. The van der Waals surface area contributed by atoms with Crippen LogP contribution < -0.4 is 5.32 Å². The molecule has 0 bridgehead atoms. The third-order valence-corrected chi connectivity index (χ3v) is 3.80. The van der Waals surface area contributed by atoms with Gasteiger partial charge in [-0.1, -0.05) is 50.6 Å². The van der Waals surface area contributed by atoms with E-state index >= 15 is 0 Å². The summed E-state index contributed by atoms with van der Waals surface area (Å²) in [7, 11) is 0. The molecule has 2 nitrogen and oxygen atoms in total.